The largest absolute Gasteiger partial charge is 0.493 e. The highest BCUT2D eigenvalue weighted by Gasteiger charge is 2.34. The molecule has 48 heavy (non-hydrogen) atoms. The number of hydrogen-bond donors (Lipinski definition) is 0. The zero-order chi connectivity index (χ0) is 35.3. The number of epoxide rings is 2. The van der Waals surface area contributed by atoms with Crippen LogP contribution in [0.1, 0.15) is 170 Å². The van der Waals surface area contributed by atoms with E-state index in [1.54, 1.807) is 0 Å². The third kappa shape index (κ3) is 9.59. The molecule has 0 radical (unpaired) electrons. The summed E-state index contributed by atoms with van der Waals surface area (Å²) >= 11 is 0. The quantitative estimate of drug-likeness (QED) is 0.0985. The van der Waals surface area contributed by atoms with Gasteiger partial charge in [-0.25, -0.2) is 0 Å². The molecule has 2 unspecified atom stereocenters. The highest BCUT2D eigenvalue weighted by atomic mass is 16.6. The smallest absolute Gasteiger partial charge is 0.126 e. The average Bonchev–Trinajstić information content (AvgIpc) is 4.00. The fraction of sp³-hybridized carbons (Fsp3) is 0.727. The Morgan fingerprint density at radius 2 is 0.771 bits per heavy atom. The fourth-order valence-corrected chi connectivity index (χ4v) is 6.44. The van der Waals surface area contributed by atoms with Crippen molar-refractivity contribution < 1.29 is 18.9 Å². The molecule has 2 aliphatic heterocycles. The molecule has 0 amide bonds. The second kappa shape index (κ2) is 15.9. The number of unbranched alkanes of at least 4 members (excludes halogenated alkanes) is 2. The minimum absolute atomic E-state index is 0.0304. The van der Waals surface area contributed by atoms with E-state index >= 15 is 0 Å². The summed E-state index contributed by atoms with van der Waals surface area (Å²) < 4.78 is 24.6. The van der Waals surface area contributed by atoms with Gasteiger partial charge in [0.1, 0.15) is 11.5 Å². The Kier molecular flexibility index (Phi) is 12.8. The van der Waals surface area contributed by atoms with Gasteiger partial charge in [-0.05, 0) is 121 Å². The Morgan fingerprint density at radius 1 is 0.500 bits per heavy atom. The van der Waals surface area contributed by atoms with Crippen LogP contribution in [0.4, 0.5) is 0 Å². The lowest BCUT2D eigenvalue weighted by Gasteiger charge is -2.35. The first kappa shape index (κ1) is 38.8. The Labute approximate surface area is 295 Å². The van der Waals surface area contributed by atoms with Crippen LogP contribution in [0.5, 0.6) is 11.5 Å². The van der Waals surface area contributed by atoms with Gasteiger partial charge in [0, 0.05) is 22.3 Å². The van der Waals surface area contributed by atoms with Crippen molar-refractivity contribution in [2.45, 2.75) is 181 Å². The fourth-order valence-electron chi connectivity index (χ4n) is 6.44. The van der Waals surface area contributed by atoms with Crippen molar-refractivity contribution in [3.05, 3.63) is 46.5 Å². The molecule has 0 saturated carbocycles. The van der Waals surface area contributed by atoms with Crippen LogP contribution in [0.15, 0.2) is 24.3 Å². The van der Waals surface area contributed by atoms with Crippen molar-refractivity contribution in [3.8, 4) is 22.6 Å². The summed E-state index contributed by atoms with van der Waals surface area (Å²) in [4.78, 5) is 0. The second-order valence-corrected chi connectivity index (χ2v) is 17.3. The van der Waals surface area contributed by atoms with Crippen molar-refractivity contribution in [2.24, 2.45) is 0 Å². The van der Waals surface area contributed by atoms with E-state index < -0.39 is 0 Å². The molecule has 4 heteroatoms. The van der Waals surface area contributed by atoms with E-state index in [1.165, 1.54) is 33.4 Å². The minimum atomic E-state index is -0.0304. The van der Waals surface area contributed by atoms with Crippen molar-refractivity contribution in [1.82, 2.24) is 0 Å². The molecule has 0 aromatic heterocycles. The Bertz CT molecular complexity index is 1160. The van der Waals surface area contributed by atoms with Gasteiger partial charge in [0.2, 0.25) is 0 Å². The highest BCUT2D eigenvalue weighted by Crippen LogP contribution is 2.49. The van der Waals surface area contributed by atoms with Crippen LogP contribution >= 0.6 is 0 Å². The van der Waals surface area contributed by atoms with Crippen molar-refractivity contribution in [1.29, 1.82) is 0 Å². The molecule has 0 spiro atoms. The lowest BCUT2D eigenvalue weighted by Crippen LogP contribution is -2.24. The summed E-state index contributed by atoms with van der Waals surface area (Å²) in [5.74, 6) is 2.22. The van der Waals surface area contributed by atoms with E-state index in [4.69, 9.17) is 18.9 Å². The number of rotatable bonds is 21. The summed E-state index contributed by atoms with van der Waals surface area (Å²) in [6.45, 7) is 31.7. The highest BCUT2D eigenvalue weighted by molar-refractivity contribution is 5.73. The zero-order valence-electron chi connectivity index (χ0n) is 33.0. The minimum Gasteiger partial charge on any atom is -0.493 e. The first-order chi connectivity index (χ1) is 22.6. The van der Waals surface area contributed by atoms with Crippen LogP contribution in [0.2, 0.25) is 0 Å². The molecule has 2 atom stereocenters. The maximum Gasteiger partial charge on any atom is 0.126 e. The predicted molar refractivity (Wildman–Crippen MR) is 203 cm³/mol. The number of hydrogen-bond acceptors (Lipinski definition) is 4. The first-order valence-corrected chi connectivity index (χ1v) is 19.5. The molecule has 0 N–H and O–H groups in total. The van der Waals surface area contributed by atoms with E-state index in [9.17, 15) is 0 Å². The lowest BCUT2D eigenvalue weighted by molar-refractivity contribution is 0.281. The van der Waals surface area contributed by atoms with Gasteiger partial charge in [-0.3, -0.25) is 0 Å². The van der Waals surface area contributed by atoms with E-state index in [-0.39, 0.29) is 21.7 Å². The van der Waals surface area contributed by atoms with Crippen LogP contribution in [0.3, 0.4) is 0 Å². The van der Waals surface area contributed by atoms with E-state index in [2.05, 4.69) is 107 Å². The van der Waals surface area contributed by atoms with Crippen LogP contribution in [-0.2, 0) is 31.1 Å². The van der Waals surface area contributed by atoms with E-state index in [0.29, 0.717) is 12.2 Å². The third-order valence-corrected chi connectivity index (χ3v) is 12.1. The van der Waals surface area contributed by atoms with Gasteiger partial charge in [-0.1, -0.05) is 83.1 Å². The van der Waals surface area contributed by atoms with Crippen LogP contribution in [0, 0.1) is 0 Å². The molecule has 4 nitrogen and oxygen atoms in total. The van der Waals surface area contributed by atoms with Crippen molar-refractivity contribution in [3.63, 3.8) is 0 Å². The Morgan fingerprint density at radius 3 is 1.00 bits per heavy atom. The number of benzene rings is 2. The standard InChI is InChI=1S/C44H70O4/c1-13-41(5,6)35-25-31(26-36(42(7,8)14-2)39(35)45-23-19-17-21-33-29-47-33)32-27-37(43(9,10)15-3)40(38(28-32)44(11,12)16-4)46-24-20-18-22-34-30-48-34/h25-28,33-34H,13-24,29-30H2,1-12H3. The first-order valence-electron chi connectivity index (χ1n) is 19.5. The van der Waals surface area contributed by atoms with Gasteiger partial charge in [-0.2, -0.15) is 0 Å². The molecular formula is C44H70O4. The summed E-state index contributed by atoms with van der Waals surface area (Å²) in [5.41, 5.74) is 7.78. The molecule has 270 valence electrons. The van der Waals surface area contributed by atoms with Gasteiger partial charge < -0.3 is 18.9 Å². The summed E-state index contributed by atoms with van der Waals surface area (Å²) in [6, 6.07) is 9.86. The van der Waals surface area contributed by atoms with Gasteiger partial charge >= 0.3 is 0 Å². The van der Waals surface area contributed by atoms with Crippen LogP contribution in [0.25, 0.3) is 11.1 Å². The van der Waals surface area contributed by atoms with E-state index in [1.807, 2.05) is 0 Å². The van der Waals surface area contributed by atoms with Gasteiger partial charge in [0.15, 0.2) is 0 Å². The Balaban J connectivity index is 1.86. The SMILES string of the molecule is CCC(C)(C)c1cc(-c2cc(C(C)(C)CC)c(OCCCCC3CO3)c(C(C)(C)CC)c2)cc(C(C)(C)CC)c1OCCCCC1CO1. The molecule has 2 aliphatic rings. The van der Waals surface area contributed by atoms with Crippen LogP contribution in [-0.4, -0.2) is 38.6 Å². The third-order valence-electron chi connectivity index (χ3n) is 12.1. The predicted octanol–water partition coefficient (Wildman–Crippen LogP) is 12.0. The molecule has 2 fully saturated rings. The van der Waals surface area contributed by atoms with Crippen molar-refractivity contribution in [2.75, 3.05) is 26.4 Å². The normalized spacial score (nSPS) is 18.2. The Hall–Kier alpha value is -2.04. The molecule has 2 aromatic carbocycles. The topological polar surface area (TPSA) is 43.5 Å². The molecule has 0 bridgehead atoms. The maximum atomic E-state index is 6.86. The average molecular weight is 663 g/mol. The summed E-state index contributed by atoms with van der Waals surface area (Å²) in [7, 11) is 0. The zero-order valence-corrected chi connectivity index (χ0v) is 33.0. The van der Waals surface area contributed by atoms with Gasteiger partial charge in [0.25, 0.3) is 0 Å². The summed E-state index contributed by atoms with van der Waals surface area (Å²) in [6.07, 6.45) is 11.8. The maximum absolute atomic E-state index is 6.86. The summed E-state index contributed by atoms with van der Waals surface area (Å²) in [5, 5.41) is 0. The van der Waals surface area contributed by atoms with Crippen LogP contribution < -0.4 is 9.47 Å². The second-order valence-electron chi connectivity index (χ2n) is 17.3. The molecule has 2 heterocycles. The molecule has 2 saturated heterocycles. The number of ether oxygens (including phenoxy) is 4. The van der Waals surface area contributed by atoms with Crippen molar-refractivity contribution >= 4 is 0 Å². The molecular weight excluding hydrogens is 592 g/mol. The lowest BCUT2D eigenvalue weighted by atomic mass is 9.72. The molecule has 4 rings (SSSR count). The molecule has 2 aromatic rings. The van der Waals surface area contributed by atoms with Gasteiger partial charge in [0.05, 0.1) is 38.6 Å². The molecule has 0 aliphatic carbocycles. The van der Waals surface area contributed by atoms with E-state index in [0.717, 1.165) is 102 Å². The monoisotopic (exact) mass is 663 g/mol. The van der Waals surface area contributed by atoms with Gasteiger partial charge in [-0.15, -0.1) is 0 Å².